The fourth-order valence-electron chi connectivity index (χ4n) is 1.01. The van der Waals surface area contributed by atoms with Crippen molar-refractivity contribution in [3.05, 3.63) is 30.1 Å². The molecular formula is C10H16N+. The first-order chi connectivity index (χ1) is 5.00. The van der Waals surface area contributed by atoms with Crippen LogP contribution in [0.15, 0.2) is 24.5 Å². The highest BCUT2D eigenvalue weighted by Crippen LogP contribution is 2.03. The van der Waals surface area contributed by atoms with Crippen LogP contribution in [0.5, 0.6) is 0 Å². The van der Waals surface area contributed by atoms with Gasteiger partial charge in [-0.05, 0) is 13.0 Å². The number of nitrogens with zero attached hydrogens (tertiary/aromatic N) is 1. The summed E-state index contributed by atoms with van der Waals surface area (Å²) in [4.78, 5) is 0. The third-order valence-corrected chi connectivity index (χ3v) is 1.72. The van der Waals surface area contributed by atoms with E-state index in [2.05, 4.69) is 56.8 Å². The van der Waals surface area contributed by atoms with Crippen molar-refractivity contribution in [3.8, 4) is 0 Å². The number of aryl methyl sites for hydroxylation is 1. The number of hydrogen-bond donors (Lipinski definition) is 0. The minimum atomic E-state index is 0.200. The SMILES string of the molecule is Cc1ccc[n+](C(C)(C)C)c1. The summed E-state index contributed by atoms with van der Waals surface area (Å²) in [6, 6.07) is 4.20. The predicted molar refractivity (Wildman–Crippen MR) is 46.4 cm³/mol. The summed E-state index contributed by atoms with van der Waals surface area (Å²) in [5.74, 6) is 0. The molecule has 1 rings (SSSR count). The molecule has 0 N–H and O–H groups in total. The highest BCUT2D eigenvalue weighted by atomic mass is 15.0. The van der Waals surface area contributed by atoms with Gasteiger partial charge in [-0.1, -0.05) is 0 Å². The summed E-state index contributed by atoms with van der Waals surface area (Å²) < 4.78 is 2.22. The van der Waals surface area contributed by atoms with Crippen molar-refractivity contribution in [2.24, 2.45) is 0 Å². The third-order valence-electron chi connectivity index (χ3n) is 1.72. The lowest BCUT2D eigenvalue weighted by atomic mass is 10.1. The Kier molecular flexibility index (Phi) is 1.99. The highest BCUT2D eigenvalue weighted by Gasteiger charge is 2.20. The van der Waals surface area contributed by atoms with Crippen LogP contribution in [0.3, 0.4) is 0 Å². The summed E-state index contributed by atoms with van der Waals surface area (Å²) in [7, 11) is 0. The van der Waals surface area contributed by atoms with E-state index in [0.29, 0.717) is 0 Å². The monoisotopic (exact) mass is 150 g/mol. The van der Waals surface area contributed by atoms with E-state index in [9.17, 15) is 0 Å². The largest absolute Gasteiger partial charge is 0.200 e. The molecule has 1 heteroatoms. The van der Waals surface area contributed by atoms with Gasteiger partial charge < -0.3 is 0 Å². The molecule has 0 aliphatic heterocycles. The summed E-state index contributed by atoms with van der Waals surface area (Å²) >= 11 is 0. The zero-order valence-corrected chi connectivity index (χ0v) is 7.76. The summed E-state index contributed by atoms with van der Waals surface area (Å²) in [5, 5.41) is 0. The smallest absolute Gasteiger partial charge is 0.172 e. The van der Waals surface area contributed by atoms with Crippen molar-refractivity contribution in [1.82, 2.24) is 0 Å². The van der Waals surface area contributed by atoms with Crippen molar-refractivity contribution in [1.29, 1.82) is 0 Å². The summed E-state index contributed by atoms with van der Waals surface area (Å²) in [6.45, 7) is 8.72. The highest BCUT2D eigenvalue weighted by molar-refractivity contribution is 5.01. The van der Waals surface area contributed by atoms with E-state index in [1.54, 1.807) is 0 Å². The van der Waals surface area contributed by atoms with Gasteiger partial charge in [-0.3, -0.25) is 0 Å². The van der Waals surface area contributed by atoms with Crippen LogP contribution >= 0.6 is 0 Å². The number of pyridine rings is 1. The fourth-order valence-corrected chi connectivity index (χ4v) is 1.01. The predicted octanol–water partition coefficient (Wildman–Crippen LogP) is 2.04. The molecule has 0 fully saturated rings. The van der Waals surface area contributed by atoms with E-state index in [1.807, 2.05) is 0 Å². The second-order valence-electron chi connectivity index (χ2n) is 3.96. The number of rotatable bonds is 0. The standard InChI is InChI=1S/C10H16N/c1-9-6-5-7-11(8-9)10(2,3)4/h5-8H,1-4H3/q+1. The molecule has 11 heavy (non-hydrogen) atoms. The number of aromatic nitrogens is 1. The molecule has 0 bridgehead atoms. The second kappa shape index (κ2) is 2.65. The molecule has 0 unspecified atom stereocenters. The van der Waals surface area contributed by atoms with Gasteiger partial charge >= 0.3 is 0 Å². The average molecular weight is 150 g/mol. The Hall–Kier alpha value is -0.850. The molecule has 1 nitrogen and oxygen atoms in total. The molecule has 1 aromatic heterocycles. The molecule has 0 aromatic carbocycles. The minimum Gasteiger partial charge on any atom is -0.200 e. The maximum Gasteiger partial charge on any atom is 0.172 e. The van der Waals surface area contributed by atoms with E-state index in [4.69, 9.17) is 0 Å². The Morgan fingerprint density at radius 1 is 1.27 bits per heavy atom. The normalized spacial score (nSPS) is 11.6. The maximum absolute atomic E-state index is 2.22. The third kappa shape index (κ3) is 2.04. The van der Waals surface area contributed by atoms with E-state index in [1.165, 1.54) is 5.56 Å². The van der Waals surface area contributed by atoms with Gasteiger partial charge in [-0.15, -0.1) is 0 Å². The number of hydrogen-bond acceptors (Lipinski definition) is 0. The van der Waals surface area contributed by atoms with E-state index in [-0.39, 0.29) is 5.54 Å². The van der Waals surface area contributed by atoms with Crippen molar-refractivity contribution in [2.75, 3.05) is 0 Å². The van der Waals surface area contributed by atoms with Gasteiger partial charge in [0.1, 0.15) is 0 Å². The quantitative estimate of drug-likeness (QED) is 0.498. The van der Waals surface area contributed by atoms with E-state index < -0.39 is 0 Å². The average Bonchev–Trinajstić information content (AvgIpc) is 1.86. The molecule has 0 saturated heterocycles. The first kappa shape index (κ1) is 8.25. The molecule has 0 atom stereocenters. The molecule has 0 radical (unpaired) electrons. The van der Waals surface area contributed by atoms with Gasteiger partial charge in [0.2, 0.25) is 0 Å². The van der Waals surface area contributed by atoms with Crippen LogP contribution in [0, 0.1) is 6.92 Å². The Labute approximate surface area is 68.7 Å². The molecule has 1 heterocycles. The minimum absolute atomic E-state index is 0.200. The van der Waals surface area contributed by atoms with Crippen molar-refractivity contribution in [2.45, 2.75) is 33.2 Å². The first-order valence-electron chi connectivity index (χ1n) is 3.98. The molecule has 60 valence electrons. The lowest BCUT2D eigenvalue weighted by Gasteiger charge is -2.12. The van der Waals surface area contributed by atoms with Crippen molar-refractivity contribution >= 4 is 0 Å². The molecular weight excluding hydrogens is 134 g/mol. The Bertz CT molecular complexity index is 245. The van der Waals surface area contributed by atoms with Crippen molar-refractivity contribution in [3.63, 3.8) is 0 Å². The van der Waals surface area contributed by atoms with Crippen LogP contribution in [0.4, 0.5) is 0 Å². The molecule has 0 aliphatic rings. The maximum atomic E-state index is 2.22. The van der Waals surface area contributed by atoms with Gasteiger partial charge in [0.15, 0.2) is 17.9 Å². The topological polar surface area (TPSA) is 3.88 Å². The second-order valence-corrected chi connectivity index (χ2v) is 3.96. The van der Waals surface area contributed by atoms with Crippen LogP contribution in [0.25, 0.3) is 0 Å². The zero-order chi connectivity index (χ0) is 8.48. The molecule has 0 amide bonds. The van der Waals surface area contributed by atoms with Crippen LogP contribution < -0.4 is 4.57 Å². The molecule has 1 aromatic rings. The molecule has 0 spiro atoms. The van der Waals surface area contributed by atoms with Gasteiger partial charge in [-0.25, -0.2) is 4.57 Å². The lowest BCUT2D eigenvalue weighted by molar-refractivity contribution is -0.754. The van der Waals surface area contributed by atoms with Crippen LogP contribution in [0.1, 0.15) is 26.3 Å². The molecule has 0 aliphatic carbocycles. The van der Waals surface area contributed by atoms with Crippen molar-refractivity contribution < 1.29 is 4.57 Å². The van der Waals surface area contributed by atoms with E-state index in [0.717, 1.165) is 0 Å². The van der Waals surface area contributed by atoms with Crippen LogP contribution in [-0.2, 0) is 5.54 Å². The van der Waals surface area contributed by atoms with Crippen LogP contribution in [-0.4, -0.2) is 0 Å². The van der Waals surface area contributed by atoms with E-state index >= 15 is 0 Å². The van der Waals surface area contributed by atoms with Gasteiger partial charge in [0.05, 0.1) is 0 Å². The summed E-state index contributed by atoms with van der Waals surface area (Å²) in [5.41, 5.74) is 1.51. The fraction of sp³-hybridized carbons (Fsp3) is 0.500. The van der Waals surface area contributed by atoms with Gasteiger partial charge in [0, 0.05) is 32.4 Å². The lowest BCUT2D eigenvalue weighted by Crippen LogP contribution is -2.49. The van der Waals surface area contributed by atoms with Crippen LogP contribution in [0.2, 0.25) is 0 Å². The van der Waals surface area contributed by atoms with Gasteiger partial charge in [0.25, 0.3) is 0 Å². The van der Waals surface area contributed by atoms with Gasteiger partial charge in [-0.2, -0.15) is 0 Å². The Balaban J connectivity index is 3.06. The Morgan fingerprint density at radius 3 is 2.27 bits per heavy atom. The zero-order valence-electron chi connectivity index (χ0n) is 7.76. The first-order valence-corrected chi connectivity index (χ1v) is 3.98. The Morgan fingerprint density at radius 2 is 1.91 bits per heavy atom. The molecule has 0 saturated carbocycles. The summed E-state index contributed by atoms with van der Waals surface area (Å²) in [6.07, 6.45) is 4.27.